The number of fused-ring (bicyclic) bond motifs is 2. The van der Waals surface area contributed by atoms with Gasteiger partial charge in [0.25, 0.3) is 0 Å². The third kappa shape index (κ3) is 4.69. The van der Waals surface area contributed by atoms with Gasteiger partial charge in [0, 0.05) is 6.42 Å². The number of hydrogen-bond acceptors (Lipinski definition) is 9. The molecule has 0 aliphatic carbocycles. The maximum Gasteiger partial charge on any atom is 0.318 e. The van der Waals surface area contributed by atoms with E-state index in [1.165, 1.54) is 12.7 Å². The molecule has 0 spiro atoms. The first-order chi connectivity index (χ1) is 16.6. The van der Waals surface area contributed by atoms with Gasteiger partial charge in [-0.15, -0.1) is 0 Å². The number of nitrogen functional groups attached to an aromatic ring is 1. The number of imidazole rings is 1. The smallest absolute Gasteiger partial charge is 0.318 e. The maximum absolute atomic E-state index is 14.8. The summed E-state index contributed by atoms with van der Waals surface area (Å²) in [7, 11) is -1.71. The Kier molecular flexibility index (Phi) is 6.59. The van der Waals surface area contributed by atoms with Gasteiger partial charge in [0.2, 0.25) is 0 Å². The molecule has 5 rings (SSSR count). The first kappa shape index (κ1) is 22.5. The zero-order valence-corrected chi connectivity index (χ0v) is 18.8. The lowest BCUT2D eigenvalue weighted by Gasteiger charge is -2.21. The van der Waals surface area contributed by atoms with E-state index in [1.807, 2.05) is 42.5 Å². The average Bonchev–Trinajstić information content (AvgIpc) is 3.45. The topological polar surface area (TPSA) is 126 Å². The van der Waals surface area contributed by atoms with Crippen LogP contribution in [0.25, 0.3) is 21.9 Å². The Labute approximate surface area is 195 Å². The standard InChI is InChI=1S/C22H22FN6O4P/c23-17-10-19(29-13-27-20-21(24)25-12-26-22(20)29)32-18(17)11-31-34(28-7-8-30)33-16-6-5-14-3-1-2-4-15(14)9-16/h1-6,8-9,12-13,17-19,28H,7,10-11H2,(H2,24,25,26). The highest BCUT2D eigenvalue weighted by atomic mass is 31.2. The molecule has 1 fully saturated rings. The van der Waals surface area contributed by atoms with Gasteiger partial charge >= 0.3 is 8.53 Å². The molecule has 3 heterocycles. The minimum absolute atomic E-state index is 0.0363. The SMILES string of the molecule is Nc1ncnc2c1ncn2C1CC(F)C(COP(NCC=O)Oc2ccc3ccccc3c2)O1. The Morgan fingerprint density at radius 2 is 2.09 bits per heavy atom. The lowest BCUT2D eigenvalue weighted by molar-refractivity contribution is -0.106. The zero-order chi connectivity index (χ0) is 23.5. The van der Waals surface area contributed by atoms with Crippen LogP contribution < -0.4 is 15.3 Å². The molecule has 0 bridgehead atoms. The van der Waals surface area contributed by atoms with E-state index in [0.29, 0.717) is 23.2 Å². The lowest BCUT2D eigenvalue weighted by Crippen LogP contribution is -2.25. The third-order valence-corrected chi connectivity index (χ3v) is 6.63. The Hall–Kier alpha value is -3.24. The number of alkyl halides is 1. The van der Waals surface area contributed by atoms with Crippen molar-refractivity contribution in [3.63, 3.8) is 0 Å². The van der Waals surface area contributed by atoms with Crippen LogP contribution in [-0.4, -0.2) is 51.2 Å². The second-order valence-corrected chi connectivity index (χ2v) is 8.92. The van der Waals surface area contributed by atoms with Gasteiger partial charge in [-0.25, -0.2) is 24.4 Å². The molecule has 4 unspecified atom stereocenters. The van der Waals surface area contributed by atoms with E-state index in [-0.39, 0.29) is 25.4 Å². The summed E-state index contributed by atoms with van der Waals surface area (Å²) in [5, 5.41) is 4.98. The number of carbonyl (C=O) groups excluding carboxylic acids is 1. The molecule has 4 aromatic rings. The van der Waals surface area contributed by atoms with Crippen LogP contribution in [0, 0.1) is 0 Å². The van der Waals surface area contributed by atoms with Crippen molar-refractivity contribution in [2.24, 2.45) is 0 Å². The number of anilines is 1. The quantitative estimate of drug-likeness (QED) is 0.272. The molecule has 34 heavy (non-hydrogen) atoms. The van der Waals surface area contributed by atoms with Gasteiger partial charge in [0.15, 0.2) is 11.5 Å². The molecule has 1 aliphatic heterocycles. The van der Waals surface area contributed by atoms with Gasteiger partial charge in [-0.3, -0.25) is 4.57 Å². The van der Waals surface area contributed by atoms with Gasteiger partial charge in [-0.05, 0) is 22.9 Å². The maximum atomic E-state index is 14.8. The molecule has 2 aromatic heterocycles. The summed E-state index contributed by atoms with van der Waals surface area (Å²) in [6.45, 7) is -0.0266. The van der Waals surface area contributed by atoms with Crippen LogP contribution in [0.2, 0.25) is 0 Å². The Balaban J connectivity index is 1.25. The molecular formula is C22H22FN6O4P. The molecule has 1 aliphatic rings. The first-order valence-electron chi connectivity index (χ1n) is 10.6. The summed E-state index contributed by atoms with van der Waals surface area (Å²) < 4.78 is 34.1. The number of rotatable bonds is 9. The molecule has 10 nitrogen and oxygen atoms in total. The molecule has 0 radical (unpaired) electrons. The summed E-state index contributed by atoms with van der Waals surface area (Å²) >= 11 is 0. The van der Waals surface area contributed by atoms with Crippen LogP contribution in [-0.2, 0) is 14.1 Å². The normalized spacial score (nSPS) is 21.1. The summed E-state index contributed by atoms with van der Waals surface area (Å²) in [6.07, 6.45) is 0.939. The highest BCUT2D eigenvalue weighted by Gasteiger charge is 2.38. The largest absolute Gasteiger partial charge is 0.436 e. The summed E-state index contributed by atoms with van der Waals surface area (Å²) in [5.41, 5.74) is 6.74. The van der Waals surface area contributed by atoms with Crippen molar-refractivity contribution in [1.82, 2.24) is 24.6 Å². The Morgan fingerprint density at radius 1 is 1.24 bits per heavy atom. The van der Waals surface area contributed by atoms with Gasteiger partial charge in [0.05, 0.1) is 19.5 Å². The van der Waals surface area contributed by atoms with Crippen molar-refractivity contribution < 1.29 is 23.0 Å². The second kappa shape index (κ2) is 9.94. The van der Waals surface area contributed by atoms with Gasteiger partial charge in [0.1, 0.15) is 42.4 Å². The highest BCUT2D eigenvalue weighted by Crippen LogP contribution is 2.39. The van der Waals surface area contributed by atoms with E-state index >= 15 is 0 Å². The number of aromatic nitrogens is 4. The lowest BCUT2D eigenvalue weighted by atomic mass is 10.1. The van der Waals surface area contributed by atoms with Gasteiger partial charge in [-0.1, -0.05) is 30.3 Å². The van der Waals surface area contributed by atoms with Crippen LogP contribution in [0.4, 0.5) is 10.2 Å². The third-order valence-electron chi connectivity index (χ3n) is 5.43. The molecule has 2 aromatic carbocycles. The van der Waals surface area contributed by atoms with E-state index in [4.69, 9.17) is 19.5 Å². The van der Waals surface area contributed by atoms with Gasteiger partial charge in [-0.2, -0.15) is 0 Å². The van der Waals surface area contributed by atoms with Crippen molar-refractivity contribution in [1.29, 1.82) is 0 Å². The summed E-state index contributed by atoms with van der Waals surface area (Å²) in [6, 6.07) is 13.5. The minimum atomic E-state index is -1.71. The van der Waals surface area contributed by atoms with Crippen molar-refractivity contribution >= 4 is 42.6 Å². The molecule has 176 valence electrons. The number of nitrogens with two attached hydrogens (primary N) is 1. The molecule has 3 N–H and O–H groups in total. The predicted octanol–water partition coefficient (Wildman–Crippen LogP) is 3.30. The number of nitrogens with zero attached hydrogens (tertiary/aromatic N) is 4. The van der Waals surface area contributed by atoms with Crippen molar-refractivity contribution in [3.8, 4) is 5.75 Å². The molecule has 4 atom stereocenters. The number of benzene rings is 2. The van der Waals surface area contributed by atoms with Crippen molar-refractivity contribution in [3.05, 3.63) is 55.1 Å². The van der Waals surface area contributed by atoms with Crippen molar-refractivity contribution in [2.75, 3.05) is 18.9 Å². The molecule has 0 saturated carbocycles. The van der Waals surface area contributed by atoms with Crippen LogP contribution in [0.3, 0.4) is 0 Å². The summed E-state index contributed by atoms with van der Waals surface area (Å²) in [4.78, 5) is 23.2. The number of halogens is 1. The minimum Gasteiger partial charge on any atom is -0.436 e. The van der Waals surface area contributed by atoms with E-state index in [2.05, 4.69) is 20.0 Å². The molecule has 12 heteroatoms. The van der Waals surface area contributed by atoms with Crippen LogP contribution in [0.15, 0.2) is 55.1 Å². The Bertz CT molecular complexity index is 1310. The van der Waals surface area contributed by atoms with E-state index in [1.54, 1.807) is 4.57 Å². The monoisotopic (exact) mass is 484 g/mol. The molecular weight excluding hydrogens is 462 g/mol. The number of aldehydes is 1. The van der Waals surface area contributed by atoms with E-state index < -0.39 is 27.0 Å². The second-order valence-electron chi connectivity index (χ2n) is 7.65. The van der Waals surface area contributed by atoms with Crippen LogP contribution in [0.1, 0.15) is 12.6 Å². The first-order valence-corrected chi connectivity index (χ1v) is 11.8. The highest BCUT2D eigenvalue weighted by molar-refractivity contribution is 7.45. The van der Waals surface area contributed by atoms with E-state index in [0.717, 1.165) is 10.8 Å². The number of hydrogen-bond donors (Lipinski definition) is 2. The predicted molar refractivity (Wildman–Crippen MR) is 125 cm³/mol. The number of ether oxygens (including phenoxy) is 1. The number of nitrogens with one attached hydrogen (secondary N) is 1. The number of carbonyl (C=O) groups is 1. The summed E-state index contributed by atoms with van der Waals surface area (Å²) in [5.74, 6) is 0.823. The van der Waals surface area contributed by atoms with Crippen LogP contribution in [0.5, 0.6) is 5.75 Å². The van der Waals surface area contributed by atoms with E-state index in [9.17, 15) is 9.18 Å². The average molecular weight is 484 g/mol. The zero-order valence-electron chi connectivity index (χ0n) is 18.0. The van der Waals surface area contributed by atoms with Gasteiger partial charge < -0.3 is 24.3 Å². The molecule has 1 saturated heterocycles. The van der Waals surface area contributed by atoms with Crippen LogP contribution >= 0.6 is 8.53 Å². The Morgan fingerprint density at radius 3 is 2.94 bits per heavy atom. The fourth-order valence-corrected chi connectivity index (χ4v) is 4.79. The molecule has 0 amide bonds. The van der Waals surface area contributed by atoms with Crippen molar-refractivity contribution in [2.45, 2.75) is 24.9 Å². The fourth-order valence-electron chi connectivity index (χ4n) is 3.77. The fraction of sp³-hybridized carbons (Fsp3) is 0.273.